The zero-order valence-corrected chi connectivity index (χ0v) is 16.8. The van der Waals surface area contributed by atoms with Gasteiger partial charge in [-0.3, -0.25) is 9.36 Å². The Kier molecular flexibility index (Phi) is 7.77. The number of esters is 1. The lowest BCUT2D eigenvalue weighted by atomic mass is 10.2. The van der Waals surface area contributed by atoms with Gasteiger partial charge in [0.2, 0.25) is 0 Å². The van der Waals surface area contributed by atoms with Gasteiger partial charge in [-0.05, 0) is 19.0 Å². The van der Waals surface area contributed by atoms with E-state index in [0.717, 1.165) is 6.04 Å². The van der Waals surface area contributed by atoms with Crippen molar-refractivity contribution in [2.45, 2.75) is 43.8 Å². The maximum atomic E-state index is 12.3. The normalized spacial score (nSPS) is 11.5. The Morgan fingerprint density at radius 3 is 2.59 bits per heavy atom. The molecule has 0 saturated carbocycles. The maximum Gasteiger partial charge on any atom is 0.339 e. The monoisotopic (exact) mass is 437 g/mol. The van der Waals surface area contributed by atoms with Crippen LogP contribution in [0.3, 0.4) is 0 Å². The lowest BCUT2D eigenvalue weighted by Crippen LogP contribution is -2.27. The molecule has 0 unspecified atom stereocenters. The number of halogens is 1. The quantitative estimate of drug-likeness (QED) is 0.206. The number of carbonyl (C=O) groups excluding carboxylic acids is 1. The SMILES string of the molecule is CCOC(=O)c1cc(CI)c(=O)n(COCC[Si](C)(C)C)c1. The van der Waals surface area contributed by atoms with Crippen molar-refractivity contribution < 1.29 is 14.3 Å². The first-order valence-corrected chi connectivity index (χ1v) is 12.6. The second-order valence-corrected chi connectivity index (χ2v) is 12.6. The number of pyridine rings is 1. The van der Waals surface area contributed by atoms with Crippen molar-refractivity contribution in [3.05, 3.63) is 33.7 Å². The third-order valence-corrected chi connectivity index (χ3v) is 5.57. The summed E-state index contributed by atoms with van der Waals surface area (Å²) in [6, 6.07) is 2.64. The first-order valence-electron chi connectivity index (χ1n) is 7.32. The summed E-state index contributed by atoms with van der Waals surface area (Å²) in [5.41, 5.74) is 0.859. The summed E-state index contributed by atoms with van der Waals surface area (Å²) in [5, 5.41) is 0. The van der Waals surface area contributed by atoms with Gasteiger partial charge in [0, 0.05) is 30.9 Å². The van der Waals surface area contributed by atoms with E-state index in [2.05, 4.69) is 42.2 Å². The van der Waals surface area contributed by atoms with Gasteiger partial charge in [0.1, 0.15) is 6.73 Å². The predicted octanol–water partition coefficient (Wildman–Crippen LogP) is 3.27. The highest BCUT2D eigenvalue weighted by molar-refractivity contribution is 14.1. The average Bonchev–Trinajstić information content (AvgIpc) is 2.44. The molecule has 0 amide bonds. The smallest absolute Gasteiger partial charge is 0.339 e. The van der Waals surface area contributed by atoms with E-state index in [4.69, 9.17) is 9.47 Å². The number of alkyl halides is 1. The molecule has 22 heavy (non-hydrogen) atoms. The van der Waals surface area contributed by atoms with E-state index >= 15 is 0 Å². The summed E-state index contributed by atoms with van der Waals surface area (Å²) in [7, 11) is -1.15. The summed E-state index contributed by atoms with van der Waals surface area (Å²) < 4.78 is 12.6. The van der Waals surface area contributed by atoms with E-state index in [1.807, 2.05) is 0 Å². The van der Waals surface area contributed by atoms with Crippen LogP contribution in [0.25, 0.3) is 0 Å². The van der Waals surface area contributed by atoms with Crippen LogP contribution in [0, 0.1) is 0 Å². The van der Waals surface area contributed by atoms with Crippen LogP contribution in [0.15, 0.2) is 17.1 Å². The van der Waals surface area contributed by atoms with Crippen LogP contribution in [-0.2, 0) is 20.6 Å². The molecule has 0 atom stereocenters. The zero-order chi connectivity index (χ0) is 16.8. The molecule has 1 rings (SSSR count). The number of carbonyl (C=O) groups is 1. The van der Waals surface area contributed by atoms with Crippen molar-refractivity contribution in [3.8, 4) is 0 Å². The van der Waals surface area contributed by atoms with Crippen LogP contribution < -0.4 is 5.56 Å². The van der Waals surface area contributed by atoms with Gasteiger partial charge in [-0.25, -0.2) is 4.79 Å². The molecule has 0 fully saturated rings. The molecule has 0 aliphatic carbocycles. The molecule has 1 heterocycles. The van der Waals surface area contributed by atoms with E-state index in [1.165, 1.54) is 10.8 Å². The Morgan fingerprint density at radius 1 is 1.36 bits per heavy atom. The Morgan fingerprint density at radius 2 is 2.05 bits per heavy atom. The third-order valence-electron chi connectivity index (χ3n) is 3.04. The molecule has 1 aromatic rings. The lowest BCUT2D eigenvalue weighted by molar-refractivity contribution is 0.0521. The molecule has 1 aromatic heterocycles. The molecular formula is C15H24INO4Si. The minimum absolute atomic E-state index is 0.115. The molecule has 0 aliphatic heterocycles. The fourth-order valence-corrected chi connectivity index (χ4v) is 3.06. The fraction of sp³-hybridized carbons (Fsp3) is 0.600. The van der Waals surface area contributed by atoms with Gasteiger partial charge in [-0.15, -0.1) is 0 Å². The minimum Gasteiger partial charge on any atom is -0.462 e. The summed E-state index contributed by atoms with van der Waals surface area (Å²) in [6.07, 6.45) is 1.52. The summed E-state index contributed by atoms with van der Waals surface area (Å²) >= 11 is 2.11. The number of hydrogen-bond donors (Lipinski definition) is 0. The highest BCUT2D eigenvalue weighted by Gasteiger charge is 2.14. The largest absolute Gasteiger partial charge is 0.462 e. The molecule has 0 N–H and O–H groups in total. The molecule has 0 radical (unpaired) electrons. The van der Waals surface area contributed by atoms with Gasteiger partial charge in [0.15, 0.2) is 0 Å². The second kappa shape index (κ2) is 8.83. The van der Waals surface area contributed by atoms with Gasteiger partial charge in [-0.2, -0.15) is 0 Å². The zero-order valence-electron chi connectivity index (χ0n) is 13.6. The molecule has 124 valence electrons. The van der Waals surface area contributed by atoms with Gasteiger partial charge in [0.25, 0.3) is 5.56 Å². The highest BCUT2D eigenvalue weighted by Crippen LogP contribution is 2.09. The Balaban J connectivity index is 2.86. The summed E-state index contributed by atoms with van der Waals surface area (Å²) in [5.74, 6) is -0.413. The molecule has 0 saturated heterocycles. The lowest BCUT2D eigenvalue weighted by Gasteiger charge is -2.16. The molecular weight excluding hydrogens is 413 g/mol. The van der Waals surface area contributed by atoms with Crippen molar-refractivity contribution >= 4 is 36.6 Å². The standard InChI is InChI=1S/C15H24INO4Si/c1-5-21-15(19)13-8-12(9-16)14(18)17(10-13)11-20-6-7-22(2,3)4/h8,10H,5-7,9,11H2,1-4H3. The number of hydrogen-bond acceptors (Lipinski definition) is 4. The van der Waals surface area contributed by atoms with E-state index < -0.39 is 14.0 Å². The number of ether oxygens (including phenoxy) is 2. The van der Waals surface area contributed by atoms with E-state index in [1.54, 1.807) is 13.0 Å². The second-order valence-electron chi connectivity index (χ2n) is 6.23. The van der Waals surface area contributed by atoms with Crippen LogP contribution in [-0.4, -0.2) is 31.8 Å². The molecule has 0 bridgehead atoms. The van der Waals surface area contributed by atoms with Crippen LogP contribution in [0.1, 0.15) is 22.8 Å². The molecule has 5 nitrogen and oxygen atoms in total. The Labute approximate surface area is 146 Å². The van der Waals surface area contributed by atoms with Crippen LogP contribution in [0.5, 0.6) is 0 Å². The summed E-state index contributed by atoms with van der Waals surface area (Å²) in [4.78, 5) is 24.1. The van der Waals surface area contributed by atoms with Crippen molar-refractivity contribution in [2.75, 3.05) is 13.2 Å². The van der Waals surface area contributed by atoms with Crippen molar-refractivity contribution in [1.29, 1.82) is 0 Å². The van der Waals surface area contributed by atoms with Gasteiger partial charge in [0.05, 0.1) is 12.2 Å². The number of aromatic nitrogens is 1. The minimum atomic E-state index is -1.15. The van der Waals surface area contributed by atoms with Gasteiger partial charge in [-0.1, -0.05) is 42.2 Å². The average molecular weight is 437 g/mol. The van der Waals surface area contributed by atoms with Gasteiger partial charge < -0.3 is 9.47 Å². The van der Waals surface area contributed by atoms with Crippen LogP contribution in [0.2, 0.25) is 25.7 Å². The van der Waals surface area contributed by atoms with Crippen molar-refractivity contribution in [2.24, 2.45) is 0 Å². The summed E-state index contributed by atoms with van der Waals surface area (Å²) in [6.45, 7) is 9.69. The molecule has 7 heteroatoms. The third kappa shape index (κ3) is 6.21. The first kappa shape index (κ1) is 19.4. The topological polar surface area (TPSA) is 57.5 Å². The molecule has 0 aromatic carbocycles. The Hall–Kier alpha value is -0.673. The first-order chi connectivity index (χ1) is 10.3. The van der Waals surface area contributed by atoms with Gasteiger partial charge >= 0.3 is 5.97 Å². The number of rotatable bonds is 8. The van der Waals surface area contributed by atoms with Crippen LogP contribution in [0.4, 0.5) is 0 Å². The maximum absolute atomic E-state index is 12.3. The predicted molar refractivity (Wildman–Crippen MR) is 98.5 cm³/mol. The molecule has 0 aliphatic rings. The van der Waals surface area contributed by atoms with E-state index in [9.17, 15) is 9.59 Å². The Bertz CT molecular complexity index is 566. The van der Waals surface area contributed by atoms with Crippen molar-refractivity contribution in [1.82, 2.24) is 4.57 Å². The van der Waals surface area contributed by atoms with E-state index in [-0.39, 0.29) is 12.3 Å². The highest BCUT2D eigenvalue weighted by atomic mass is 127. The van der Waals surface area contributed by atoms with Crippen molar-refractivity contribution in [3.63, 3.8) is 0 Å². The van der Waals surface area contributed by atoms with E-state index in [0.29, 0.717) is 28.8 Å². The number of nitrogens with zero attached hydrogens (tertiary/aromatic N) is 1. The molecule has 0 spiro atoms. The fourth-order valence-electron chi connectivity index (χ4n) is 1.76. The van der Waals surface area contributed by atoms with Crippen LogP contribution >= 0.6 is 22.6 Å².